The predicted octanol–water partition coefficient (Wildman–Crippen LogP) is 2.08. The van der Waals surface area contributed by atoms with E-state index in [1.165, 1.54) is 6.26 Å². The Balaban J connectivity index is 2.04. The molecule has 1 fully saturated rings. The maximum Gasteiger partial charge on any atom is 0.211 e. The van der Waals surface area contributed by atoms with Crippen molar-refractivity contribution in [2.24, 2.45) is 5.92 Å². The third-order valence-electron chi connectivity index (χ3n) is 3.08. The first kappa shape index (κ1) is 14.5. The Hall–Kier alpha value is 0.0800. The van der Waals surface area contributed by atoms with E-state index in [0.29, 0.717) is 19.0 Å². The molecule has 2 rings (SSSR count). The van der Waals surface area contributed by atoms with Gasteiger partial charge in [-0.15, -0.1) is 0 Å². The summed E-state index contributed by atoms with van der Waals surface area (Å²) in [6.07, 6.45) is 3.23. The second-order valence-electron chi connectivity index (χ2n) is 4.60. The zero-order valence-electron chi connectivity index (χ0n) is 10.0. The van der Waals surface area contributed by atoms with Gasteiger partial charge in [0.05, 0.1) is 6.26 Å². The van der Waals surface area contributed by atoms with Crippen LogP contribution in [0.25, 0.3) is 0 Å². The van der Waals surface area contributed by atoms with Crippen molar-refractivity contribution in [3.8, 4) is 0 Å². The molecule has 0 bridgehead atoms. The fraction of sp³-hybridized carbons (Fsp3) is 0.700. The van der Waals surface area contributed by atoms with Gasteiger partial charge < -0.3 is 0 Å². The Morgan fingerprint density at radius 1 is 1.50 bits per heavy atom. The summed E-state index contributed by atoms with van der Waals surface area (Å²) in [5.41, 5.74) is 0. The molecule has 1 aromatic heterocycles. The highest BCUT2D eigenvalue weighted by molar-refractivity contribution is 9.11. The van der Waals surface area contributed by atoms with Crippen LogP contribution in [0, 0.1) is 5.92 Å². The van der Waals surface area contributed by atoms with Gasteiger partial charge >= 0.3 is 0 Å². The van der Waals surface area contributed by atoms with Crippen molar-refractivity contribution in [2.75, 3.05) is 19.3 Å². The number of hydrogen-bond acceptors (Lipinski definition) is 3. The van der Waals surface area contributed by atoms with Gasteiger partial charge in [0.1, 0.15) is 9.21 Å². The maximum atomic E-state index is 11.5. The van der Waals surface area contributed by atoms with Crippen molar-refractivity contribution >= 4 is 41.9 Å². The molecule has 102 valence electrons. The Morgan fingerprint density at radius 3 is 2.78 bits per heavy atom. The monoisotopic (exact) mass is 399 g/mol. The molecule has 1 aromatic rings. The zero-order chi connectivity index (χ0) is 13.3. The van der Waals surface area contributed by atoms with Crippen LogP contribution in [-0.2, 0) is 16.6 Å². The van der Waals surface area contributed by atoms with E-state index in [2.05, 4.69) is 37.0 Å². The molecule has 1 aliphatic rings. The van der Waals surface area contributed by atoms with E-state index in [-0.39, 0.29) is 0 Å². The van der Waals surface area contributed by atoms with E-state index < -0.39 is 10.0 Å². The van der Waals surface area contributed by atoms with Crippen LogP contribution < -0.4 is 0 Å². The van der Waals surface area contributed by atoms with Gasteiger partial charge in [0.15, 0.2) is 0 Å². The van der Waals surface area contributed by atoms with Gasteiger partial charge in [0.2, 0.25) is 10.0 Å². The van der Waals surface area contributed by atoms with Crippen LogP contribution in [0.4, 0.5) is 0 Å². The smallest absolute Gasteiger partial charge is 0.211 e. The average molecular weight is 401 g/mol. The lowest BCUT2D eigenvalue weighted by Gasteiger charge is -2.30. The second-order valence-corrected chi connectivity index (χ2v) is 8.21. The molecule has 0 N–H and O–H groups in total. The third kappa shape index (κ3) is 3.55. The van der Waals surface area contributed by atoms with Crippen LogP contribution in [0.1, 0.15) is 12.8 Å². The SMILES string of the molecule is CS(=O)(=O)N1CCCC(Cn2nc(Br)cc2Br)C1. The molecule has 0 amide bonds. The predicted molar refractivity (Wildman–Crippen MR) is 76.8 cm³/mol. The van der Waals surface area contributed by atoms with Crippen molar-refractivity contribution in [1.29, 1.82) is 0 Å². The lowest BCUT2D eigenvalue weighted by atomic mass is 10.00. The summed E-state index contributed by atoms with van der Waals surface area (Å²) in [6.45, 7) is 1.96. The van der Waals surface area contributed by atoms with Crippen LogP contribution in [-0.4, -0.2) is 41.8 Å². The number of nitrogens with zero attached hydrogens (tertiary/aromatic N) is 3. The van der Waals surface area contributed by atoms with Gasteiger partial charge in [-0.3, -0.25) is 4.68 Å². The van der Waals surface area contributed by atoms with Gasteiger partial charge in [-0.25, -0.2) is 12.7 Å². The Bertz CT molecular complexity index is 529. The number of rotatable bonds is 3. The lowest BCUT2D eigenvalue weighted by molar-refractivity contribution is 0.239. The van der Waals surface area contributed by atoms with Crippen molar-refractivity contribution in [1.82, 2.24) is 14.1 Å². The summed E-state index contributed by atoms with van der Waals surface area (Å²) in [5, 5.41) is 4.31. The quantitative estimate of drug-likeness (QED) is 0.780. The fourth-order valence-corrected chi connectivity index (χ4v) is 4.31. The molecule has 1 unspecified atom stereocenters. The normalized spacial score (nSPS) is 22.3. The molecule has 0 aliphatic carbocycles. The van der Waals surface area contributed by atoms with E-state index in [1.54, 1.807) is 4.31 Å². The van der Waals surface area contributed by atoms with Crippen molar-refractivity contribution < 1.29 is 8.42 Å². The fourth-order valence-electron chi connectivity index (χ4n) is 2.21. The van der Waals surface area contributed by atoms with Gasteiger partial charge in [-0.05, 0) is 50.6 Å². The lowest BCUT2D eigenvalue weighted by Crippen LogP contribution is -2.40. The molecule has 1 atom stereocenters. The standard InChI is InChI=1S/C10H15Br2N3O2S/c1-18(16,17)14-4-2-3-8(6-14)7-15-10(12)5-9(11)13-15/h5,8H,2-4,6-7H2,1H3. The maximum absolute atomic E-state index is 11.5. The minimum absolute atomic E-state index is 0.316. The molecule has 0 radical (unpaired) electrons. The summed E-state index contributed by atoms with van der Waals surface area (Å²) in [7, 11) is -3.07. The molecule has 1 saturated heterocycles. The van der Waals surface area contributed by atoms with Gasteiger partial charge in [-0.2, -0.15) is 5.10 Å². The minimum atomic E-state index is -3.07. The van der Waals surface area contributed by atoms with Crippen LogP contribution in [0.5, 0.6) is 0 Å². The van der Waals surface area contributed by atoms with E-state index in [4.69, 9.17) is 0 Å². The molecule has 1 aliphatic heterocycles. The van der Waals surface area contributed by atoms with Gasteiger partial charge in [-0.1, -0.05) is 0 Å². The molecule has 0 aromatic carbocycles. The number of hydrogen-bond donors (Lipinski definition) is 0. The molecule has 0 saturated carbocycles. The Labute approximate surface area is 124 Å². The summed E-state index contributed by atoms with van der Waals surface area (Å²) in [5.74, 6) is 0.316. The molecular weight excluding hydrogens is 386 g/mol. The summed E-state index contributed by atoms with van der Waals surface area (Å²) in [4.78, 5) is 0. The number of halogens is 2. The van der Waals surface area contributed by atoms with Crippen molar-refractivity contribution in [2.45, 2.75) is 19.4 Å². The van der Waals surface area contributed by atoms with Crippen LogP contribution in [0.2, 0.25) is 0 Å². The third-order valence-corrected chi connectivity index (χ3v) is 5.38. The summed E-state index contributed by atoms with van der Waals surface area (Å²) >= 11 is 6.76. The van der Waals surface area contributed by atoms with E-state index in [9.17, 15) is 8.42 Å². The number of sulfonamides is 1. The highest BCUT2D eigenvalue weighted by atomic mass is 79.9. The van der Waals surface area contributed by atoms with E-state index >= 15 is 0 Å². The molecule has 2 heterocycles. The van der Waals surface area contributed by atoms with E-state index in [0.717, 1.165) is 28.6 Å². The number of aromatic nitrogens is 2. The molecule has 8 heteroatoms. The van der Waals surface area contributed by atoms with Gasteiger partial charge in [0.25, 0.3) is 0 Å². The first-order valence-electron chi connectivity index (χ1n) is 5.70. The molecule has 5 nitrogen and oxygen atoms in total. The topological polar surface area (TPSA) is 55.2 Å². The highest BCUT2D eigenvalue weighted by Gasteiger charge is 2.26. The van der Waals surface area contributed by atoms with Crippen LogP contribution in [0.15, 0.2) is 15.3 Å². The largest absolute Gasteiger partial charge is 0.257 e. The minimum Gasteiger partial charge on any atom is -0.257 e. The summed E-state index contributed by atoms with van der Waals surface area (Å²) < 4.78 is 28.2. The van der Waals surface area contributed by atoms with E-state index in [1.807, 2.05) is 10.7 Å². The Kier molecular flexibility index (Phi) is 4.51. The summed E-state index contributed by atoms with van der Waals surface area (Å²) in [6, 6.07) is 1.89. The van der Waals surface area contributed by atoms with Crippen LogP contribution in [0.3, 0.4) is 0 Å². The van der Waals surface area contributed by atoms with Crippen molar-refractivity contribution in [3.63, 3.8) is 0 Å². The molecule has 0 spiro atoms. The number of piperidine rings is 1. The Morgan fingerprint density at radius 2 is 2.22 bits per heavy atom. The zero-order valence-corrected chi connectivity index (χ0v) is 14.0. The first-order chi connectivity index (χ1) is 8.36. The second kappa shape index (κ2) is 5.60. The van der Waals surface area contributed by atoms with Crippen LogP contribution >= 0.6 is 31.9 Å². The highest BCUT2D eigenvalue weighted by Crippen LogP contribution is 2.23. The van der Waals surface area contributed by atoms with Crippen molar-refractivity contribution in [3.05, 3.63) is 15.3 Å². The first-order valence-corrected chi connectivity index (χ1v) is 9.13. The molecular formula is C10H15Br2N3O2S. The van der Waals surface area contributed by atoms with Gasteiger partial charge in [0, 0.05) is 25.7 Å². The molecule has 18 heavy (non-hydrogen) atoms. The average Bonchev–Trinajstić information content (AvgIpc) is 2.56.